The lowest BCUT2D eigenvalue weighted by atomic mass is 9.83. The van der Waals surface area contributed by atoms with Gasteiger partial charge >= 0.3 is 0 Å². The van der Waals surface area contributed by atoms with Gasteiger partial charge in [0.25, 0.3) is 5.91 Å². The van der Waals surface area contributed by atoms with Crippen molar-refractivity contribution in [2.24, 2.45) is 5.92 Å². The first-order valence-electron chi connectivity index (χ1n) is 12.1. The lowest BCUT2D eigenvalue weighted by molar-refractivity contribution is 0.0226. The number of amides is 1. The van der Waals surface area contributed by atoms with Gasteiger partial charge in [-0.2, -0.15) is 5.10 Å². The Bertz CT molecular complexity index is 1080. The van der Waals surface area contributed by atoms with Gasteiger partial charge in [0, 0.05) is 50.2 Å². The van der Waals surface area contributed by atoms with E-state index >= 15 is 0 Å². The van der Waals surface area contributed by atoms with Crippen LogP contribution in [0.15, 0.2) is 79.1 Å². The largest absolute Gasteiger partial charge is 0.335 e. The molecule has 5 nitrogen and oxygen atoms in total. The molecule has 5 heteroatoms. The molecule has 2 aromatic carbocycles. The van der Waals surface area contributed by atoms with Crippen LogP contribution in [0, 0.1) is 5.92 Å². The number of benzene rings is 2. The van der Waals surface area contributed by atoms with Gasteiger partial charge in [-0.05, 0) is 54.5 Å². The molecule has 0 radical (unpaired) electrons. The molecular weight excluding hydrogens is 408 g/mol. The van der Waals surface area contributed by atoms with Crippen LogP contribution in [0.3, 0.4) is 0 Å². The second-order valence-corrected chi connectivity index (χ2v) is 9.23. The third-order valence-corrected chi connectivity index (χ3v) is 6.96. The maximum absolute atomic E-state index is 13.5. The molecule has 1 aromatic heterocycles. The standard InChI is InChI=1S/C28H32N4O/c33-28(25-12-4-10-24(20-25)21-31-17-7-15-29-31)32-18-6-13-26-22-30(19-14-27(26)32)16-5-11-23-8-2-1-3-9-23/h1-5,7-12,15,17,20,26-27H,6,13-14,16,18-19,21-22H2/b11-5+/t26-,27-/m1/s1. The molecule has 0 N–H and O–H groups in total. The van der Waals surface area contributed by atoms with Crippen molar-refractivity contribution in [3.63, 3.8) is 0 Å². The van der Waals surface area contributed by atoms with Gasteiger partial charge in [0.15, 0.2) is 0 Å². The van der Waals surface area contributed by atoms with E-state index < -0.39 is 0 Å². The maximum Gasteiger partial charge on any atom is 0.254 e. The van der Waals surface area contributed by atoms with E-state index in [4.69, 9.17) is 0 Å². The highest BCUT2D eigenvalue weighted by atomic mass is 16.2. The molecule has 5 rings (SSSR count). The molecule has 2 aliphatic rings. The Kier molecular flexibility index (Phi) is 6.68. The highest BCUT2D eigenvalue weighted by Crippen LogP contribution is 2.31. The molecular formula is C28H32N4O. The molecule has 0 bridgehead atoms. The van der Waals surface area contributed by atoms with Gasteiger partial charge in [0.05, 0.1) is 6.54 Å². The van der Waals surface area contributed by atoms with E-state index in [1.54, 1.807) is 6.20 Å². The number of piperidine rings is 2. The first kappa shape index (κ1) is 21.7. The normalized spacial score (nSPS) is 21.3. The number of nitrogens with zero attached hydrogens (tertiary/aromatic N) is 4. The number of hydrogen-bond acceptors (Lipinski definition) is 3. The number of hydrogen-bond donors (Lipinski definition) is 0. The molecule has 0 saturated carbocycles. The predicted molar refractivity (Wildman–Crippen MR) is 132 cm³/mol. The predicted octanol–water partition coefficient (Wildman–Crippen LogP) is 4.57. The molecule has 33 heavy (non-hydrogen) atoms. The molecule has 2 fully saturated rings. The van der Waals surface area contributed by atoms with Gasteiger partial charge in [-0.1, -0.05) is 54.6 Å². The van der Waals surface area contributed by atoms with Crippen LogP contribution < -0.4 is 0 Å². The molecule has 3 aromatic rings. The number of carbonyl (C=O) groups is 1. The Morgan fingerprint density at radius 1 is 1.03 bits per heavy atom. The van der Waals surface area contributed by atoms with Crippen molar-refractivity contribution in [3.05, 3.63) is 95.8 Å². The van der Waals surface area contributed by atoms with Crippen LogP contribution in [0.25, 0.3) is 6.08 Å². The third kappa shape index (κ3) is 5.25. The van der Waals surface area contributed by atoms with Crippen molar-refractivity contribution in [2.75, 3.05) is 26.2 Å². The lowest BCUT2D eigenvalue weighted by Crippen LogP contribution is -2.55. The first-order chi connectivity index (χ1) is 16.3. The summed E-state index contributed by atoms with van der Waals surface area (Å²) in [6, 6.07) is 20.8. The fraction of sp³-hybridized carbons (Fsp3) is 0.357. The van der Waals surface area contributed by atoms with Crippen LogP contribution in [0.2, 0.25) is 0 Å². The molecule has 2 atom stereocenters. The fourth-order valence-corrected chi connectivity index (χ4v) is 5.35. The van der Waals surface area contributed by atoms with Gasteiger partial charge in [-0.25, -0.2) is 0 Å². The van der Waals surface area contributed by atoms with Crippen molar-refractivity contribution >= 4 is 12.0 Å². The van der Waals surface area contributed by atoms with Crippen molar-refractivity contribution in [1.29, 1.82) is 0 Å². The third-order valence-electron chi connectivity index (χ3n) is 6.96. The van der Waals surface area contributed by atoms with Crippen LogP contribution in [-0.4, -0.2) is 57.7 Å². The Morgan fingerprint density at radius 3 is 2.79 bits per heavy atom. The zero-order valence-corrected chi connectivity index (χ0v) is 19.1. The van der Waals surface area contributed by atoms with Gasteiger partial charge < -0.3 is 4.90 Å². The van der Waals surface area contributed by atoms with Crippen LogP contribution in [0.1, 0.15) is 40.7 Å². The van der Waals surface area contributed by atoms with Crippen molar-refractivity contribution in [2.45, 2.75) is 31.8 Å². The quantitative estimate of drug-likeness (QED) is 0.564. The van der Waals surface area contributed by atoms with E-state index in [0.29, 0.717) is 18.5 Å². The molecule has 3 heterocycles. The van der Waals surface area contributed by atoms with Crippen LogP contribution in [0.5, 0.6) is 0 Å². The van der Waals surface area contributed by atoms with Crippen LogP contribution in [-0.2, 0) is 6.54 Å². The summed E-state index contributed by atoms with van der Waals surface area (Å²) in [6.07, 6.45) is 11.6. The summed E-state index contributed by atoms with van der Waals surface area (Å²) in [7, 11) is 0. The van der Waals surface area contributed by atoms with E-state index in [-0.39, 0.29) is 5.91 Å². The lowest BCUT2D eigenvalue weighted by Gasteiger charge is -2.47. The summed E-state index contributed by atoms with van der Waals surface area (Å²) < 4.78 is 1.89. The monoisotopic (exact) mass is 440 g/mol. The van der Waals surface area contributed by atoms with E-state index in [1.165, 1.54) is 12.0 Å². The Labute approximate surface area is 196 Å². The van der Waals surface area contributed by atoms with Crippen LogP contribution in [0.4, 0.5) is 0 Å². The highest BCUT2D eigenvalue weighted by Gasteiger charge is 2.38. The minimum atomic E-state index is 0.185. The number of aromatic nitrogens is 2. The Balaban J connectivity index is 1.21. The second kappa shape index (κ2) is 10.2. The highest BCUT2D eigenvalue weighted by molar-refractivity contribution is 5.94. The molecule has 2 saturated heterocycles. The first-order valence-corrected chi connectivity index (χ1v) is 12.1. The van der Waals surface area contributed by atoms with E-state index in [1.807, 2.05) is 41.2 Å². The Morgan fingerprint density at radius 2 is 1.94 bits per heavy atom. The average molecular weight is 441 g/mol. The summed E-state index contributed by atoms with van der Waals surface area (Å²) in [5.41, 5.74) is 3.16. The van der Waals surface area contributed by atoms with E-state index in [0.717, 1.165) is 50.1 Å². The van der Waals surface area contributed by atoms with E-state index in [9.17, 15) is 4.79 Å². The number of fused-ring (bicyclic) bond motifs is 1. The van der Waals surface area contributed by atoms with Crippen molar-refractivity contribution in [3.8, 4) is 0 Å². The molecule has 1 amide bonds. The molecule has 2 aliphatic heterocycles. The zero-order valence-electron chi connectivity index (χ0n) is 19.1. The fourth-order valence-electron chi connectivity index (χ4n) is 5.35. The summed E-state index contributed by atoms with van der Waals surface area (Å²) in [4.78, 5) is 18.2. The summed E-state index contributed by atoms with van der Waals surface area (Å²) in [6.45, 7) is 4.65. The summed E-state index contributed by atoms with van der Waals surface area (Å²) in [5, 5.41) is 4.29. The molecule has 0 aliphatic carbocycles. The van der Waals surface area contributed by atoms with Gasteiger partial charge in [0.2, 0.25) is 0 Å². The minimum Gasteiger partial charge on any atom is -0.335 e. The Hall–Kier alpha value is -3.18. The average Bonchev–Trinajstić information content (AvgIpc) is 3.37. The zero-order chi connectivity index (χ0) is 22.5. The second-order valence-electron chi connectivity index (χ2n) is 9.23. The smallest absolute Gasteiger partial charge is 0.254 e. The topological polar surface area (TPSA) is 41.4 Å². The summed E-state index contributed by atoms with van der Waals surface area (Å²) in [5.74, 6) is 0.748. The van der Waals surface area contributed by atoms with Gasteiger partial charge in [-0.15, -0.1) is 0 Å². The summed E-state index contributed by atoms with van der Waals surface area (Å²) >= 11 is 0. The maximum atomic E-state index is 13.5. The SMILES string of the molecule is O=C(c1cccc(Cn2cccn2)c1)N1CCC[C@@H]2CN(C/C=C/c3ccccc3)CC[C@H]21. The van der Waals surface area contributed by atoms with E-state index in [2.05, 4.69) is 57.4 Å². The van der Waals surface area contributed by atoms with Crippen LogP contribution >= 0.6 is 0 Å². The molecule has 170 valence electrons. The number of rotatable bonds is 6. The minimum absolute atomic E-state index is 0.185. The van der Waals surface area contributed by atoms with Crippen molar-refractivity contribution in [1.82, 2.24) is 19.6 Å². The molecule has 0 unspecified atom stereocenters. The number of likely N-dealkylation sites (tertiary alicyclic amines) is 2. The van der Waals surface area contributed by atoms with Gasteiger partial charge in [-0.3, -0.25) is 14.4 Å². The van der Waals surface area contributed by atoms with Gasteiger partial charge in [0.1, 0.15) is 0 Å². The van der Waals surface area contributed by atoms with Crippen molar-refractivity contribution < 1.29 is 4.79 Å². The number of carbonyl (C=O) groups excluding carboxylic acids is 1. The molecule has 0 spiro atoms.